The Labute approximate surface area is 111 Å². The van der Waals surface area contributed by atoms with Crippen molar-refractivity contribution in [2.45, 2.75) is 13.8 Å². The Morgan fingerprint density at radius 2 is 1.87 bits per heavy atom. The third-order valence-electron chi connectivity index (χ3n) is 0.849. The van der Waals surface area contributed by atoms with Crippen molar-refractivity contribution >= 4 is 28.3 Å². The summed E-state index contributed by atoms with van der Waals surface area (Å²) in [6, 6.07) is 0. The molecule has 0 aliphatic heterocycles. The molecule has 0 aromatic rings. The normalized spacial score (nSPS) is 8.27. The Bertz CT molecular complexity index is 146. The van der Waals surface area contributed by atoms with E-state index in [-0.39, 0.29) is 6.61 Å². The van der Waals surface area contributed by atoms with Crippen molar-refractivity contribution in [1.82, 2.24) is 4.90 Å². The first-order valence-electron chi connectivity index (χ1n) is 4.12. The minimum atomic E-state index is 0. The van der Waals surface area contributed by atoms with E-state index in [1.54, 1.807) is 11.8 Å². The van der Waals surface area contributed by atoms with Gasteiger partial charge < -0.3 is 22.8 Å². The van der Waals surface area contributed by atoms with E-state index in [4.69, 9.17) is 21.2 Å². The first-order chi connectivity index (χ1) is 6.95. The molecule has 0 radical (unpaired) electrons. The van der Waals surface area contributed by atoms with E-state index in [9.17, 15) is 0 Å². The van der Waals surface area contributed by atoms with Crippen LogP contribution in [0.2, 0.25) is 0 Å². The standard InChI is InChI=1S/C7H14NS2.C2H5O.Co.O/c1-6(2)5-10-7(9)8(3)4;1-2-3;;/h5H2,1-4H3;3H,1-2H2;;/q2*-1;;. The summed E-state index contributed by atoms with van der Waals surface area (Å²) in [6.45, 7) is 7.27. The van der Waals surface area contributed by atoms with Crippen molar-refractivity contribution in [2.24, 2.45) is 0 Å². The molecule has 95 valence electrons. The number of aliphatic hydroxyl groups is 1. The van der Waals surface area contributed by atoms with Crippen LogP contribution < -0.4 is 0 Å². The first kappa shape index (κ1) is 20.9. The van der Waals surface area contributed by atoms with E-state index in [0.29, 0.717) is 0 Å². The van der Waals surface area contributed by atoms with E-state index in [1.807, 2.05) is 19.0 Å². The van der Waals surface area contributed by atoms with Gasteiger partial charge in [0, 0.05) is 14.1 Å². The van der Waals surface area contributed by atoms with Gasteiger partial charge in [-0.15, -0.1) is 17.5 Å². The Morgan fingerprint density at radius 1 is 1.53 bits per heavy atom. The molecular formula is C9H19CoNO2S2-2. The van der Waals surface area contributed by atoms with E-state index in [0.717, 1.165) is 10.1 Å². The van der Waals surface area contributed by atoms with Gasteiger partial charge in [-0.3, -0.25) is 0 Å². The van der Waals surface area contributed by atoms with Crippen molar-refractivity contribution in [3.8, 4) is 0 Å². The van der Waals surface area contributed by atoms with Crippen molar-refractivity contribution in [1.29, 1.82) is 0 Å². The quantitative estimate of drug-likeness (QED) is 0.622. The van der Waals surface area contributed by atoms with Gasteiger partial charge in [0.05, 0.1) is 0 Å². The average Bonchev–Trinajstić information content (AvgIpc) is 2.18. The number of thioether (sulfide) groups is 1. The van der Waals surface area contributed by atoms with Gasteiger partial charge in [0.1, 0.15) is 4.32 Å². The van der Waals surface area contributed by atoms with Gasteiger partial charge in [-0.2, -0.15) is 13.8 Å². The van der Waals surface area contributed by atoms with Gasteiger partial charge in [-0.1, -0.05) is 18.8 Å². The molecule has 0 rings (SSSR count). The third kappa shape index (κ3) is 25.1. The molecule has 6 heteroatoms. The summed E-state index contributed by atoms with van der Waals surface area (Å²) in [5, 5.41) is 7.46. The van der Waals surface area contributed by atoms with Gasteiger partial charge in [0.15, 0.2) is 0 Å². The van der Waals surface area contributed by atoms with Crippen molar-refractivity contribution in [2.75, 3.05) is 26.5 Å². The summed E-state index contributed by atoms with van der Waals surface area (Å²) in [5.41, 5.74) is 0. The molecule has 1 N–H and O–H groups in total. The summed E-state index contributed by atoms with van der Waals surface area (Å²) in [4.78, 5) is 1.96. The second kappa shape index (κ2) is 16.9. The summed E-state index contributed by atoms with van der Waals surface area (Å²) < 4.78 is 8.90. The monoisotopic (exact) mass is 296 g/mol. The van der Waals surface area contributed by atoms with Crippen LogP contribution in [-0.2, 0) is 19.5 Å². The number of hydrogen-bond acceptors (Lipinski definition) is 4. The zero-order chi connectivity index (χ0) is 12.9. The van der Waals surface area contributed by atoms with Crippen LogP contribution >= 0.6 is 24.0 Å². The van der Waals surface area contributed by atoms with Gasteiger partial charge in [0.2, 0.25) is 0 Å². The molecule has 0 aliphatic rings. The molecule has 0 saturated heterocycles. The summed E-state index contributed by atoms with van der Waals surface area (Å²) >= 11 is 9.10. The van der Waals surface area contributed by atoms with E-state index in [2.05, 4.69) is 36.4 Å². The van der Waals surface area contributed by atoms with Crippen LogP contribution in [-0.4, -0.2) is 40.8 Å². The van der Waals surface area contributed by atoms with E-state index in [1.165, 1.54) is 5.92 Å². The fraction of sp³-hybridized carbons (Fsp3) is 0.667. The van der Waals surface area contributed by atoms with Gasteiger partial charge in [-0.05, 0) is 0 Å². The number of nitrogens with zero attached hydrogens (tertiary/aromatic N) is 1. The Hall–Kier alpha value is 0.506. The molecule has 0 spiro atoms. The molecular weight excluding hydrogens is 277 g/mol. The Balaban J connectivity index is -0.000000245. The number of rotatable bonds is 2. The first-order valence-corrected chi connectivity index (χ1v) is 5.94. The predicted molar refractivity (Wildman–Crippen MR) is 66.5 cm³/mol. The molecule has 3 nitrogen and oxygen atoms in total. The molecule has 0 amide bonds. The second-order valence-electron chi connectivity index (χ2n) is 2.88. The zero-order valence-corrected chi connectivity index (χ0v) is 12.2. The SMILES string of the molecule is C[C-](C)CSC(=S)N(C)C.[CH2-]CO.[O]=[Co]. The van der Waals surface area contributed by atoms with Crippen LogP contribution in [0.1, 0.15) is 13.8 Å². The van der Waals surface area contributed by atoms with Crippen LogP contribution in [0.3, 0.4) is 0 Å². The number of thiocarbonyl (C=S) groups is 1. The topological polar surface area (TPSA) is 40.5 Å². The average molecular weight is 296 g/mol. The number of hydrogen-bond donors (Lipinski definition) is 1. The molecule has 0 atom stereocenters. The Morgan fingerprint density at radius 3 is 2.07 bits per heavy atom. The van der Waals surface area contributed by atoms with Crippen LogP contribution in [0.15, 0.2) is 0 Å². The third-order valence-corrected chi connectivity index (χ3v) is 2.90. The van der Waals surface area contributed by atoms with Gasteiger partial charge >= 0.3 is 19.5 Å². The maximum atomic E-state index is 7.94. The maximum absolute atomic E-state index is 7.94. The Kier molecular flexibility index (Phi) is 23.5. The van der Waals surface area contributed by atoms with Crippen LogP contribution in [0, 0.1) is 12.8 Å². The molecule has 0 aromatic heterocycles. The van der Waals surface area contributed by atoms with Crippen molar-refractivity contribution in [3.05, 3.63) is 12.8 Å². The predicted octanol–water partition coefficient (Wildman–Crippen LogP) is 1.87. The van der Waals surface area contributed by atoms with Crippen LogP contribution in [0.5, 0.6) is 0 Å². The van der Waals surface area contributed by atoms with Gasteiger partial charge in [0.25, 0.3) is 0 Å². The van der Waals surface area contributed by atoms with Crippen molar-refractivity contribution in [3.63, 3.8) is 0 Å². The molecule has 0 aliphatic carbocycles. The van der Waals surface area contributed by atoms with E-state index < -0.39 is 0 Å². The van der Waals surface area contributed by atoms with Crippen LogP contribution in [0.4, 0.5) is 0 Å². The number of aliphatic hydroxyl groups excluding tert-OH is 1. The molecule has 0 unspecified atom stereocenters. The molecule has 0 saturated carbocycles. The minimum absolute atomic E-state index is 0. The molecule has 0 bridgehead atoms. The molecule has 0 aromatic carbocycles. The second-order valence-corrected chi connectivity index (χ2v) is 4.49. The zero-order valence-electron chi connectivity index (χ0n) is 9.57. The fourth-order valence-electron chi connectivity index (χ4n) is 0.335. The van der Waals surface area contributed by atoms with Crippen LogP contribution in [0.25, 0.3) is 0 Å². The molecule has 0 heterocycles. The molecule has 15 heavy (non-hydrogen) atoms. The van der Waals surface area contributed by atoms with Crippen molar-refractivity contribution < 1.29 is 24.6 Å². The summed E-state index contributed by atoms with van der Waals surface area (Å²) in [5.74, 6) is 2.45. The molecule has 0 fully saturated rings. The summed E-state index contributed by atoms with van der Waals surface area (Å²) in [7, 11) is 3.95. The van der Waals surface area contributed by atoms with E-state index >= 15 is 0 Å². The van der Waals surface area contributed by atoms with Gasteiger partial charge in [-0.25, -0.2) is 0 Å². The fourth-order valence-corrected chi connectivity index (χ4v) is 1.18. The summed E-state index contributed by atoms with van der Waals surface area (Å²) in [6.07, 6.45) is 0.